The zero-order chi connectivity index (χ0) is 14.5. The topological polar surface area (TPSA) is 75.7 Å². The standard InChI is InChI=1S/C12H13ClN2O4S/c1-19-7-2-3-10(8(13)4-7)15-11-6-20(17,18)5-9(11)14-12(15)16/h2-4,9,11H,5-6H2,1H3,(H,14,16)/t9-,11+/m0/s1. The summed E-state index contributed by atoms with van der Waals surface area (Å²) >= 11 is 6.16. The van der Waals surface area contributed by atoms with Crippen molar-refractivity contribution in [2.24, 2.45) is 0 Å². The zero-order valence-electron chi connectivity index (χ0n) is 10.7. The molecule has 0 saturated carbocycles. The maximum absolute atomic E-state index is 12.0. The lowest BCUT2D eigenvalue weighted by Crippen LogP contribution is -2.37. The highest BCUT2D eigenvalue weighted by atomic mass is 35.5. The van der Waals surface area contributed by atoms with Crippen molar-refractivity contribution in [1.29, 1.82) is 0 Å². The number of sulfone groups is 1. The molecular formula is C12H13ClN2O4S. The first-order valence-electron chi connectivity index (χ1n) is 6.05. The number of carbonyl (C=O) groups is 1. The normalized spacial score (nSPS) is 27.3. The molecule has 2 aliphatic heterocycles. The van der Waals surface area contributed by atoms with Crippen LogP contribution in [0.2, 0.25) is 5.02 Å². The first-order valence-corrected chi connectivity index (χ1v) is 8.25. The van der Waals surface area contributed by atoms with Gasteiger partial charge in [0.2, 0.25) is 0 Å². The minimum atomic E-state index is -3.12. The predicted octanol–water partition coefficient (Wildman–Crippen LogP) is 1.04. The smallest absolute Gasteiger partial charge is 0.322 e. The quantitative estimate of drug-likeness (QED) is 0.827. The Bertz CT molecular complexity index is 676. The van der Waals surface area contributed by atoms with Crippen molar-refractivity contribution in [3.8, 4) is 5.75 Å². The van der Waals surface area contributed by atoms with Crippen LogP contribution < -0.4 is 15.0 Å². The van der Waals surface area contributed by atoms with Crippen LogP contribution in [0.3, 0.4) is 0 Å². The Morgan fingerprint density at radius 3 is 2.80 bits per heavy atom. The average Bonchev–Trinajstić information content (AvgIpc) is 2.80. The van der Waals surface area contributed by atoms with Crippen LogP contribution in [0.1, 0.15) is 0 Å². The molecule has 2 atom stereocenters. The summed E-state index contributed by atoms with van der Waals surface area (Å²) in [4.78, 5) is 13.5. The Balaban J connectivity index is 1.99. The molecule has 3 rings (SSSR count). The summed E-state index contributed by atoms with van der Waals surface area (Å²) in [5.41, 5.74) is 0.495. The SMILES string of the molecule is COc1ccc(N2C(=O)N[C@H]3CS(=O)(=O)C[C@H]32)c(Cl)c1. The molecule has 0 aromatic heterocycles. The number of ether oxygens (including phenoxy) is 1. The number of halogens is 1. The molecule has 108 valence electrons. The number of hydrogen-bond donors (Lipinski definition) is 1. The molecule has 6 nitrogen and oxygen atoms in total. The monoisotopic (exact) mass is 316 g/mol. The first-order chi connectivity index (χ1) is 9.41. The molecular weight excluding hydrogens is 304 g/mol. The minimum absolute atomic E-state index is 0.0202. The van der Waals surface area contributed by atoms with Gasteiger partial charge in [-0.05, 0) is 12.1 Å². The van der Waals surface area contributed by atoms with Crippen molar-refractivity contribution in [1.82, 2.24) is 5.32 Å². The maximum Gasteiger partial charge on any atom is 0.322 e. The Morgan fingerprint density at radius 2 is 2.15 bits per heavy atom. The van der Waals surface area contributed by atoms with E-state index in [1.807, 2.05) is 0 Å². The van der Waals surface area contributed by atoms with Gasteiger partial charge in [-0.2, -0.15) is 0 Å². The second kappa shape index (κ2) is 4.53. The third-order valence-electron chi connectivity index (χ3n) is 3.60. The summed E-state index contributed by atoms with van der Waals surface area (Å²) in [5, 5.41) is 3.05. The number of nitrogens with one attached hydrogen (secondary N) is 1. The summed E-state index contributed by atoms with van der Waals surface area (Å²) in [5.74, 6) is 0.515. The van der Waals surface area contributed by atoms with Gasteiger partial charge in [0.25, 0.3) is 0 Å². The molecule has 0 bridgehead atoms. The number of fused-ring (bicyclic) bond motifs is 1. The van der Waals surface area contributed by atoms with Crippen LogP contribution in [0.25, 0.3) is 0 Å². The fraction of sp³-hybridized carbons (Fsp3) is 0.417. The van der Waals surface area contributed by atoms with Crippen LogP contribution in [0.15, 0.2) is 18.2 Å². The van der Waals surface area contributed by atoms with Gasteiger partial charge in [0.1, 0.15) is 5.75 Å². The molecule has 1 aromatic rings. The van der Waals surface area contributed by atoms with Crippen LogP contribution in [-0.4, -0.2) is 45.1 Å². The van der Waals surface area contributed by atoms with E-state index in [1.54, 1.807) is 18.2 Å². The number of amides is 2. The first kappa shape index (κ1) is 13.5. The van der Waals surface area contributed by atoms with Crippen LogP contribution >= 0.6 is 11.6 Å². The summed E-state index contributed by atoms with van der Waals surface area (Å²) in [6.45, 7) is 0. The number of nitrogens with zero attached hydrogens (tertiary/aromatic N) is 1. The molecule has 0 spiro atoms. The van der Waals surface area contributed by atoms with E-state index in [1.165, 1.54) is 12.0 Å². The Kier molecular flexibility index (Phi) is 3.06. The number of carbonyl (C=O) groups excluding carboxylic acids is 1. The number of rotatable bonds is 2. The van der Waals surface area contributed by atoms with Crippen molar-refractivity contribution >= 4 is 33.2 Å². The third kappa shape index (κ3) is 2.10. The summed E-state index contributed by atoms with van der Waals surface area (Å²) in [6.07, 6.45) is 0. The number of hydrogen-bond acceptors (Lipinski definition) is 4. The average molecular weight is 317 g/mol. The van der Waals surface area contributed by atoms with Gasteiger partial charge >= 0.3 is 6.03 Å². The molecule has 1 aromatic carbocycles. The number of methoxy groups -OCH3 is 1. The van der Waals surface area contributed by atoms with Gasteiger partial charge in [-0.15, -0.1) is 0 Å². The van der Waals surface area contributed by atoms with E-state index >= 15 is 0 Å². The molecule has 0 radical (unpaired) electrons. The van der Waals surface area contributed by atoms with Crippen molar-refractivity contribution in [3.05, 3.63) is 23.2 Å². The Hall–Kier alpha value is -1.47. The summed E-state index contributed by atoms with van der Waals surface area (Å²) < 4.78 is 28.4. The van der Waals surface area contributed by atoms with E-state index < -0.39 is 15.9 Å². The molecule has 2 saturated heterocycles. The minimum Gasteiger partial charge on any atom is -0.497 e. The fourth-order valence-electron chi connectivity index (χ4n) is 2.70. The zero-order valence-corrected chi connectivity index (χ0v) is 12.2. The van der Waals surface area contributed by atoms with Gasteiger partial charge in [-0.25, -0.2) is 13.2 Å². The van der Waals surface area contributed by atoms with Gasteiger partial charge < -0.3 is 10.1 Å². The number of anilines is 1. The lowest BCUT2D eigenvalue weighted by atomic mass is 10.1. The van der Waals surface area contributed by atoms with Crippen molar-refractivity contribution < 1.29 is 17.9 Å². The van der Waals surface area contributed by atoms with Gasteiger partial charge in [0, 0.05) is 6.07 Å². The molecule has 2 amide bonds. The third-order valence-corrected chi connectivity index (χ3v) is 5.62. The van der Waals surface area contributed by atoms with E-state index in [-0.39, 0.29) is 23.6 Å². The van der Waals surface area contributed by atoms with Crippen LogP contribution in [0.5, 0.6) is 5.75 Å². The van der Waals surface area contributed by atoms with E-state index in [0.29, 0.717) is 16.5 Å². The lowest BCUT2D eigenvalue weighted by molar-refractivity contribution is 0.251. The second-order valence-corrected chi connectivity index (χ2v) is 7.45. The second-order valence-electron chi connectivity index (χ2n) is 4.89. The predicted molar refractivity (Wildman–Crippen MR) is 75.2 cm³/mol. The number of benzene rings is 1. The van der Waals surface area contributed by atoms with Crippen LogP contribution in [0.4, 0.5) is 10.5 Å². The van der Waals surface area contributed by atoms with E-state index in [9.17, 15) is 13.2 Å². The molecule has 0 aliphatic carbocycles. The van der Waals surface area contributed by atoms with E-state index in [0.717, 1.165) is 0 Å². The highest BCUT2D eigenvalue weighted by Gasteiger charge is 2.49. The molecule has 20 heavy (non-hydrogen) atoms. The Morgan fingerprint density at radius 1 is 1.40 bits per heavy atom. The molecule has 2 aliphatic rings. The molecule has 1 N–H and O–H groups in total. The largest absolute Gasteiger partial charge is 0.497 e. The molecule has 2 fully saturated rings. The van der Waals surface area contributed by atoms with E-state index in [2.05, 4.69) is 5.32 Å². The Labute approximate surface area is 121 Å². The molecule has 2 heterocycles. The summed E-state index contributed by atoms with van der Waals surface area (Å²) in [7, 11) is -1.60. The van der Waals surface area contributed by atoms with Crippen molar-refractivity contribution in [2.75, 3.05) is 23.5 Å². The molecule has 0 unspecified atom stereocenters. The van der Waals surface area contributed by atoms with Crippen LogP contribution in [0, 0.1) is 0 Å². The van der Waals surface area contributed by atoms with Gasteiger partial charge in [0.15, 0.2) is 9.84 Å². The van der Waals surface area contributed by atoms with Gasteiger partial charge in [0.05, 0.1) is 41.4 Å². The van der Waals surface area contributed by atoms with Crippen molar-refractivity contribution in [2.45, 2.75) is 12.1 Å². The highest BCUT2D eigenvalue weighted by Crippen LogP contribution is 2.35. The fourth-order valence-corrected chi connectivity index (χ4v) is 4.85. The van der Waals surface area contributed by atoms with Crippen LogP contribution in [-0.2, 0) is 9.84 Å². The van der Waals surface area contributed by atoms with E-state index in [4.69, 9.17) is 16.3 Å². The van der Waals surface area contributed by atoms with Gasteiger partial charge in [-0.3, -0.25) is 4.90 Å². The van der Waals surface area contributed by atoms with Crippen molar-refractivity contribution in [3.63, 3.8) is 0 Å². The van der Waals surface area contributed by atoms with Gasteiger partial charge in [-0.1, -0.05) is 11.6 Å². The maximum atomic E-state index is 12.0. The lowest BCUT2D eigenvalue weighted by Gasteiger charge is -2.22. The highest BCUT2D eigenvalue weighted by molar-refractivity contribution is 7.91. The molecule has 8 heteroatoms. The number of urea groups is 1. The summed E-state index contributed by atoms with van der Waals surface area (Å²) in [6, 6.07) is 3.85.